The van der Waals surface area contributed by atoms with E-state index in [1.54, 1.807) is 19.1 Å². The molecule has 3 heterocycles. The summed E-state index contributed by atoms with van der Waals surface area (Å²) in [7, 11) is 1.43. The Kier molecular flexibility index (Phi) is 3.22. The Morgan fingerprint density at radius 3 is 2.64 bits per heavy atom. The van der Waals surface area contributed by atoms with Crippen LogP contribution in [0.1, 0.15) is 16.2 Å². The van der Waals surface area contributed by atoms with Crippen molar-refractivity contribution >= 4 is 11.6 Å². The quantitative estimate of drug-likeness (QED) is 0.846. The van der Waals surface area contributed by atoms with Gasteiger partial charge in [-0.25, -0.2) is 9.50 Å². The molecule has 0 radical (unpaired) electrons. The highest BCUT2D eigenvalue weighted by Crippen LogP contribution is 2.34. The number of hydrogen-bond acceptors (Lipinski definition) is 4. The first-order valence-electron chi connectivity index (χ1n) is 6.57. The molecule has 0 atom stereocenters. The van der Waals surface area contributed by atoms with Gasteiger partial charge < -0.3 is 9.64 Å². The van der Waals surface area contributed by atoms with Gasteiger partial charge in [-0.1, -0.05) is 0 Å². The lowest BCUT2D eigenvalue weighted by Gasteiger charge is -2.39. The molecule has 0 saturated carbocycles. The van der Waals surface area contributed by atoms with Crippen molar-refractivity contribution in [2.75, 3.05) is 20.2 Å². The van der Waals surface area contributed by atoms with E-state index in [2.05, 4.69) is 10.1 Å². The maximum Gasteiger partial charge on any atom is 0.395 e. The van der Waals surface area contributed by atoms with Gasteiger partial charge in [0.2, 0.25) is 5.88 Å². The van der Waals surface area contributed by atoms with Crippen molar-refractivity contribution in [1.29, 1.82) is 0 Å². The second-order valence-electron chi connectivity index (χ2n) is 5.14. The molecule has 118 valence electrons. The van der Waals surface area contributed by atoms with E-state index in [0.29, 0.717) is 11.3 Å². The molecular formula is C13H13F3N4O2. The third kappa shape index (κ3) is 2.26. The molecule has 3 rings (SSSR count). The second-order valence-corrected chi connectivity index (χ2v) is 5.14. The summed E-state index contributed by atoms with van der Waals surface area (Å²) >= 11 is 0. The Labute approximate surface area is 123 Å². The molecule has 0 aromatic carbocycles. The van der Waals surface area contributed by atoms with Gasteiger partial charge in [-0.2, -0.15) is 13.2 Å². The molecule has 1 fully saturated rings. The number of rotatable bonds is 2. The molecule has 0 bridgehead atoms. The van der Waals surface area contributed by atoms with Crippen LogP contribution in [0, 0.1) is 12.8 Å². The normalized spacial score (nSPS) is 16.0. The Morgan fingerprint density at radius 2 is 2.05 bits per heavy atom. The number of aromatic nitrogens is 3. The minimum absolute atomic E-state index is 0.162. The summed E-state index contributed by atoms with van der Waals surface area (Å²) in [6.45, 7) is 0.952. The topological polar surface area (TPSA) is 59.7 Å². The van der Waals surface area contributed by atoms with Crippen LogP contribution < -0.4 is 4.74 Å². The number of nitrogens with zero attached hydrogens (tertiary/aromatic N) is 4. The van der Waals surface area contributed by atoms with Crippen molar-refractivity contribution in [2.45, 2.75) is 13.1 Å². The summed E-state index contributed by atoms with van der Waals surface area (Å²) in [6, 6.07) is 3.23. The predicted molar refractivity (Wildman–Crippen MR) is 69.7 cm³/mol. The van der Waals surface area contributed by atoms with Gasteiger partial charge >= 0.3 is 6.18 Å². The first-order valence-corrected chi connectivity index (χ1v) is 6.57. The molecule has 1 aliphatic rings. The van der Waals surface area contributed by atoms with Gasteiger partial charge in [-0.05, 0) is 13.0 Å². The number of hydrogen-bond donors (Lipinski definition) is 0. The number of halogens is 3. The summed E-state index contributed by atoms with van der Waals surface area (Å²) in [5.74, 6) is -1.68. The molecule has 1 amide bonds. The summed E-state index contributed by atoms with van der Waals surface area (Å²) in [5, 5.41) is 4.11. The maximum atomic E-state index is 12.5. The third-order valence-corrected chi connectivity index (χ3v) is 3.67. The van der Waals surface area contributed by atoms with E-state index in [0.717, 1.165) is 4.90 Å². The zero-order valence-electron chi connectivity index (χ0n) is 11.9. The lowest BCUT2D eigenvalue weighted by molar-refractivity contribution is -0.202. The smallest absolute Gasteiger partial charge is 0.395 e. The lowest BCUT2D eigenvalue weighted by Crippen LogP contribution is -2.55. The van der Waals surface area contributed by atoms with Gasteiger partial charge in [0, 0.05) is 19.2 Å². The zero-order valence-corrected chi connectivity index (χ0v) is 11.9. The highest BCUT2D eigenvalue weighted by molar-refractivity contribution is 5.95. The zero-order chi connectivity index (χ0) is 16.1. The van der Waals surface area contributed by atoms with Crippen LogP contribution in [0.3, 0.4) is 0 Å². The van der Waals surface area contributed by atoms with Crippen molar-refractivity contribution in [1.82, 2.24) is 19.5 Å². The van der Waals surface area contributed by atoms with E-state index in [1.807, 2.05) is 0 Å². The van der Waals surface area contributed by atoms with Crippen LogP contribution in [0.4, 0.5) is 13.2 Å². The van der Waals surface area contributed by atoms with Crippen LogP contribution in [0.15, 0.2) is 12.1 Å². The van der Waals surface area contributed by atoms with E-state index in [4.69, 9.17) is 4.74 Å². The van der Waals surface area contributed by atoms with Crippen molar-refractivity contribution in [3.8, 4) is 5.88 Å². The number of carbonyl (C=O) groups excluding carboxylic acids is 1. The van der Waals surface area contributed by atoms with Crippen LogP contribution in [0.2, 0.25) is 0 Å². The standard InChI is InChI=1S/C13H13F3N4O2/c1-7-11(12(21)19-5-8(6-19)13(14,15)16)20-9(17-7)3-4-10(18-20)22-2/h3-4,8H,5-6H2,1-2H3. The fraction of sp³-hybridized carbons (Fsp3) is 0.462. The number of fused-ring (bicyclic) bond motifs is 1. The van der Waals surface area contributed by atoms with Crippen LogP contribution in [-0.4, -0.2) is 51.8 Å². The van der Waals surface area contributed by atoms with Crippen LogP contribution in [0.5, 0.6) is 5.88 Å². The minimum atomic E-state index is -4.27. The van der Waals surface area contributed by atoms with Gasteiger partial charge in [0.05, 0.1) is 18.7 Å². The van der Waals surface area contributed by atoms with E-state index >= 15 is 0 Å². The molecule has 1 saturated heterocycles. The van der Waals surface area contributed by atoms with Crippen LogP contribution in [0.25, 0.3) is 5.65 Å². The number of carbonyl (C=O) groups is 1. The van der Waals surface area contributed by atoms with Crippen molar-refractivity contribution in [2.24, 2.45) is 5.92 Å². The van der Waals surface area contributed by atoms with Gasteiger partial charge in [-0.15, -0.1) is 5.10 Å². The third-order valence-electron chi connectivity index (χ3n) is 3.67. The van der Waals surface area contributed by atoms with Crippen molar-refractivity contribution < 1.29 is 22.7 Å². The molecule has 0 spiro atoms. The number of aryl methyl sites for hydroxylation is 1. The van der Waals surface area contributed by atoms with Gasteiger partial charge in [0.25, 0.3) is 5.91 Å². The van der Waals surface area contributed by atoms with Gasteiger partial charge in [0.1, 0.15) is 0 Å². The molecular weight excluding hydrogens is 301 g/mol. The molecule has 0 N–H and O–H groups in total. The molecule has 0 aliphatic carbocycles. The average Bonchev–Trinajstić information content (AvgIpc) is 2.69. The fourth-order valence-corrected chi connectivity index (χ4v) is 2.38. The number of alkyl halides is 3. The highest BCUT2D eigenvalue weighted by Gasteiger charge is 2.49. The monoisotopic (exact) mass is 314 g/mol. The molecule has 1 aliphatic heterocycles. The number of imidazole rings is 1. The van der Waals surface area contributed by atoms with Gasteiger partial charge in [0.15, 0.2) is 11.3 Å². The summed E-state index contributed by atoms with van der Waals surface area (Å²) in [4.78, 5) is 17.8. The Balaban J connectivity index is 1.90. The molecule has 9 heteroatoms. The number of amides is 1. The fourth-order valence-electron chi connectivity index (χ4n) is 2.38. The van der Waals surface area contributed by atoms with Gasteiger partial charge in [-0.3, -0.25) is 4.79 Å². The van der Waals surface area contributed by atoms with E-state index < -0.39 is 18.0 Å². The Hall–Kier alpha value is -2.32. The largest absolute Gasteiger partial charge is 0.480 e. The van der Waals surface area contributed by atoms with E-state index in [9.17, 15) is 18.0 Å². The molecule has 2 aromatic rings. The summed E-state index contributed by atoms with van der Waals surface area (Å²) in [5.41, 5.74) is 1.02. The number of methoxy groups -OCH3 is 1. The Morgan fingerprint density at radius 1 is 1.36 bits per heavy atom. The number of likely N-dealkylation sites (tertiary alicyclic amines) is 1. The Bertz CT molecular complexity index is 735. The van der Waals surface area contributed by atoms with Crippen LogP contribution >= 0.6 is 0 Å². The van der Waals surface area contributed by atoms with E-state index in [1.165, 1.54) is 11.6 Å². The van der Waals surface area contributed by atoms with E-state index in [-0.39, 0.29) is 24.7 Å². The van der Waals surface area contributed by atoms with Crippen molar-refractivity contribution in [3.05, 3.63) is 23.5 Å². The van der Waals surface area contributed by atoms with Crippen molar-refractivity contribution in [3.63, 3.8) is 0 Å². The lowest BCUT2D eigenvalue weighted by atomic mass is 9.99. The molecule has 6 nitrogen and oxygen atoms in total. The highest BCUT2D eigenvalue weighted by atomic mass is 19.4. The molecule has 22 heavy (non-hydrogen) atoms. The summed E-state index contributed by atoms with van der Waals surface area (Å²) < 4.78 is 43.9. The molecule has 2 aromatic heterocycles. The number of ether oxygens (including phenoxy) is 1. The maximum absolute atomic E-state index is 12.5. The SMILES string of the molecule is COc1ccc2nc(C)c(C(=O)N3CC(C(F)(F)F)C3)n2n1. The first-order chi connectivity index (χ1) is 10.3. The minimum Gasteiger partial charge on any atom is -0.480 e. The predicted octanol–water partition coefficient (Wildman–Crippen LogP) is 1.68. The summed E-state index contributed by atoms with van der Waals surface area (Å²) in [6.07, 6.45) is -4.27. The molecule has 0 unspecified atom stereocenters. The average molecular weight is 314 g/mol. The first kappa shape index (κ1) is 14.6. The van der Waals surface area contributed by atoms with Crippen LogP contribution in [-0.2, 0) is 0 Å². The second kappa shape index (κ2) is 4.85.